The molecule has 0 amide bonds. The molecule has 0 aromatic rings. The summed E-state index contributed by atoms with van der Waals surface area (Å²) < 4.78 is 12.2. The summed E-state index contributed by atoms with van der Waals surface area (Å²) in [6.07, 6.45) is 42.1. The minimum Gasteiger partial charge on any atom is -0.466 e. The SMILES string of the molecule is CCCCCCCCC(CCCCCCCC)OC(=O)C(CCCCCC)(CCCCCCCC(=O)OCCC(CCCCCC)CCCCCC)NCCO. The third kappa shape index (κ3) is 32.8. The van der Waals surface area contributed by atoms with Gasteiger partial charge in [0.15, 0.2) is 0 Å². The van der Waals surface area contributed by atoms with E-state index >= 15 is 0 Å². The Bertz CT molecular complexity index is 808. The number of hydrogen-bond acceptors (Lipinski definition) is 6. The second-order valence-corrected chi connectivity index (χ2v) is 17.5. The maximum absolute atomic E-state index is 14.3. The fraction of sp³-hybridized carbons (Fsp3) is 0.960. The molecule has 0 aromatic heterocycles. The molecule has 0 aliphatic heterocycles. The number of unbranched alkanes of at least 4 members (excludes halogenated alkanes) is 23. The van der Waals surface area contributed by atoms with E-state index in [1.807, 2.05) is 0 Å². The Hall–Kier alpha value is -1.14. The van der Waals surface area contributed by atoms with Crippen molar-refractivity contribution in [3.8, 4) is 0 Å². The molecule has 0 radical (unpaired) electrons. The molecule has 6 heteroatoms. The summed E-state index contributed by atoms with van der Waals surface area (Å²) in [4.78, 5) is 26.9. The van der Waals surface area contributed by atoms with Crippen LogP contribution in [0.15, 0.2) is 0 Å². The number of ether oxygens (including phenoxy) is 2. The van der Waals surface area contributed by atoms with Gasteiger partial charge in [-0.2, -0.15) is 0 Å². The molecule has 0 bridgehead atoms. The van der Waals surface area contributed by atoms with Crippen LogP contribution in [0.2, 0.25) is 0 Å². The van der Waals surface area contributed by atoms with Crippen LogP contribution in [-0.2, 0) is 19.1 Å². The third-order valence-electron chi connectivity index (χ3n) is 12.2. The van der Waals surface area contributed by atoms with Gasteiger partial charge in [-0.15, -0.1) is 0 Å². The molecular formula is C50H99NO5. The Labute approximate surface area is 350 Å². The Kier molecular flexibility index (Phi) is 41.1. The number of aliphatic hydroxyl groups is 1. The van der Waals surface area contributed by atoms with Crippen LogP contribution in [0.25, 0.3) is 0 Å². The average molecular weight is 794 g/mol. The van der Waals surface area contributed by atoms with Crippen LogP contribution in [0.1, 0.15) is 272 Å². The van der Waals surface area contributed by atoms with Gasteiger partial charge in [0.2, 0.25) is 0 Å². The van der Waals surface area contributed by atoms with Crippen molar-refractivity contribution in [2.45, 2.75) is 284 Å². The average Bonchev–Trinajstić information content (AvgIpc) is 3.20. The molecule has 1 atom stereocenters. The first kappa shape index (κ1) is 54.9. The minimum atomic E-state index is -0.745. The van der Waals surface area contributed by atoms with Gasteiger partial charge in [0, 0.05) is 13.0 Å². The quantitative estimate of drug-likeness (QED) is 0.0472. The van der Waals surface area contributed by atoms with E-state index in [1.54, 1.807) is 0 Å². The van der Waals surface area contributed by atoms with Crippen LogP contribution in [0, 0.1) is 5.92 Å². The number of nitrogens with one attached hydrogen (secondary N) is 1. The van der Waals surface area contributed by atoms with Crippen molar-refractivity contribution in [3.05, 3.63) is 0 Å². The van der Waals surface area contributed by atoms with Crippen LogP contribution < -0.4 is 5.32 Å². The number of β-amino-alcohol motifs (C(OH)–C–C–N with tert-alkyl or cyclic N) is 1. The van der Waals surface area contributed by atoms with Gasteiger partial charge in [-0.3, -0.25) is 14.9 Å². The summed E-state index contributed by atoms with van der Waals surface area (Å²) in [5.74, 6) is 0.557. The molecule has 0 heterocycles. The van der Waals surface area contributed by atoms with E-state index in [1.165, 1.54) is 135 Å². The summed E-state index contributed by atoms with van der Waals surface area (Å²) in [5, 5.41) is 13.4. The van der Waals surface area contributed by atoms with Gasteiger partial charge < -0.3 is 14.6 Å². The van der Waals surface area contributed by atoms with Gasteiger partial charge in [0.05, 0.1) is 13.2 Å². The van der Waals surface area contributed by atoms with Crippen molar-refractivity contribution in [2.75, 3.05) is 19.8 Å². The standard InChI is InChI=1S/C50H99NO5/c1-6-11-16-21-24-30-37-47(38-31-25-22-17-12-7-2)56-49(54)50(51-43-44-52,41-33-20-15-10-5)42-34-27-23-26-32-39-48(53)55-45-40-46(35-28-18-13-8-3)36-29-19-14-9-4/h46-47,51-52H,6-45H2,1-5H3. The van der Waals surface area contributed by atoms with E-state index in [0.717, 1.165) is 96.3 Å². The number of carbonyl (C=O) groups is 2. The fourth-order valence-corrected chi connectivity index (χ4v) is 8.35. The lowest BCUT2D eigenvalue weighted by Gasteiger charge is -2.35. The minimum absolute atomic E-state index is 0.0115. The molecule has 0 saturated heterocycles. The number of rotatable bonds is 45. The van der Waals surface area contributed by atoms with E-state index < -0.39 is 5.54 Å². The molecule has 334 valence electrons. The zero-order valence-corrected chi connectivity index (χ0v) is 38.5. The van der Waals surface area contributed by atoms with Crippen molar-refractivity contribution < 1.29 is 24.2 Å². The van der Waals surface area contributed by atoms with Gasteiger partial charge in [0.1, 0.15) is 11.6 Å². The maximum Gasteiger partial charge on any atom is 0.326 e. The zero-order valence-electron chi connectivity index (χ0n) is 38.5. The van der Waals surface area contributed by atoms with Crippen LogP contribution in [0.5, 0.6) is 0 Å². The molecule has 0 aliphatic carbocycles. The predicted octanol–water partition coefficient (Wildman–Crippen LogP) is 14.9. The van der Waals surface area contributed by atoms with E-state index in [9.17, 15) is 14.7 Å². The molecule has 0 saturated carbocycles. The van der Waals surface area contributed by atoms with Crippen LogP contribution in [-0.4, -0.2) is 48.4 Å². The molecule has 0 aromatic carbocycles. The summed E-state index contributed by atoms with van der Waals surface area (Å²) >= 11 is 0. The lowest BCUT2D eigenvalue weighted by Crippen LogP contribution is -2.54. The van der Waals surface area contributed by atoms with E-state index in [0.29, 0.717) is 25.5 Å². The van der Waals surface area contributed by atoms with Gasteiger partial charge in [-0.1, -0.05) is 214 Å². The molecule has 56 heavy (non-hydrogen) atoms. The number of carbonyl (C=O) groups excluding carboxylic acids is 2. The number of aliphatic hydroxyl groups excluding tert-OH is 1. The molecule has 6 nitrogen and oxygen atoms in total. The van der Waals surface area contributed by atoms with Gasteiger partial charge in [-0.25, -0.2) is 0 Å². The fourth-order valence-electron chi connectivity index (χ4n) is 8.35. The summed E-state index contributed by atoms with van der Waals surface area (Å²) in [5.41, 5.74) is -0.745. The highest BCUT2D eigenvalue weighted by Crippen LogP contribution is 2.28. The molecular weight excluding hydrogens is 695 g/mol. The first-order chi connectivity index (χ1) is 27.4. The molecule has 0 rings (SSSR count). The van der Waals surface area contributed by atoms with Crippen LogP contribution in [0.4, 0.5) is 0 Å². The third-order valence-corrected chi connectivity index (χ3v) is 12.2. The molecule has 2 N–H and O–H groups in total. The molecule has 0 spiro atoms. The topological polar surface area (TPSA) is 84.9 Å². The Morgan fingerprint density at radius 3 is 1.38 bits per heavy atom. The lowest BCUT2D eigenvalue weighted by atomic mass is 9.85. The first-order valence-electron chi connectivity index (χ1n) is 25.1. The van der Waals surface area contributed by atoms with Crippen molar-refractivity contribution in [1.82, 2.24) is 5.32 Å². The predicted molar refractivity (Wildman–Crippen MR) is 241 cm³/mol. The van der Waals surface area contributed by atoms with Gasteiger partial charge in [-0.05, 0) is 57.3 Å². The Morgan fingerprint density at radius 1 is 0.500 bits per heavy atom. The smallest absolute Gasteiger partial charge is 0.326 e. The molecule has 1 unspecified atom stereocenters. The Balaban J connectivity index is 5.11. The second kappa shape index (κ2) is 42.0. The van der Waals surface area contributed by atoms with Gasteiger partial charge in [0.25, 0.3) is 0 Å². The van der Waals surface area contributed by atoms with Crippen LogP contribution >= 0.6 is 0 Å². The van der Waals surface area contributed by atoms with Gasteiger partial charge >= 0.3 is 11.9 Å². The second-order valence-electron chi connectivity index (χ2n) is 17.5. The Morgan fingerprint density at radius 2 is 0.893 bits per heavy atom. The lowest BCUT2D eigenvalue weighted by molar-refractivity contribution is -0.159. The van der Waals surface area contributed by atoms with Crippen molar-refractivity contribution in [2.24, 2.45) is 5.92 Å². The monoisotopic (exact) mass is 794 g/mol. The van der Waals surface area contributed by atoms with Crippen molar-refractivity contribution in [1.29, 1.82) is 0 Å². The highest BCUT2D eigenvalue weighted by molar-refractivity contribution is 5.81. The van der Waals surface area contributed by atoms with Crippen LogP contribution in [0.3, 0.4) is 0 Å². The highest BCUT2D eigenvalue weighted by atomic mass is 16.5. The molecule has 0 aliphatic rings. The summed E-state index contributed by atoms with van der Waals surface area (Å²) in [6.45, 7) is 12.3. The van der Waals surface area contributed by atoms with Crippen molar-refractivity contribution in [3.63, 3.8) is 0 Å². The first-order valence-corrected chi connectivity index (χ1v) is 25.1. The maximum atomic E-state index is 14.3. The van der Waals surface area contributed by atoms with E-state index in [4.69, 9.17) is 9.47 Å². The zero-order chi connectivity index (χ0) is 41.2. The summed E-state index contributed by atoms with van der Waals surface area (Å²) in [7, 11) is 0. The summed E-state index contributed by atoms with van der Waals surface area (Å²) in [6, 6.07) is 0. The van der Waals surface area contributed by atoms with E-state index in [2.05, 4.69) is 39.9 Å². The highest BCUT2D eigenvalue weighted by Gasteiger charge is 2.39. The number of hydrogen-bond donors (Lipinski definition) is 2. The van der Waals surface area contributed by atoms with E-state index in [-0.39, 0.29) is 24.6 Å². The normalized spacial score (nSPS) is 12.8. The van der Waals surface area contributed by atoms with Crippen molar-refractivity contribution >= 4 is 11.9 Å². The largest absolute Gasteiger partial charge is 0.466 e. The number of esters is 2. The molecule has 0 fully saturated rings.